The maximum absolute atomic E-state index is 14.5. The lowest BCUT2D eigenvalue weighted by atomic mass is 9.66. The lowest BCUT2D eigenvalue weighted by molar-refractivity contribution is 0.576. The molecule has 8 aromatic rings. The first-order valence-corrected chi connectivity index (χ1v) is 19.9. The number of fused-ring (bicyclic) bond motifs is 2. The van der Waals surface area contributed by atoms with Gasteiger partial charge in [-0.25, -0.2) is 8.42 Å². The van der Waals surface area contributed by atoms with Crippen molar-refractivity contribution < 1.29 is 8.42 Å². The van der Waals surface area contributed by atoms with Crippen LogP contribution in [-0.4, -0.2) is 13.4 Å². The van der Waals surface area contributed by atoms with Gasteiger partial charge in [-0.3, -0.25) is 4.98 Å². The molecule has 0 radical (unpaired) electrons. The number of hydrogen-bond acceptors (Lipinski definition) is 4. The van der Waals surface area contributed by atoms with Crippen molar-refractivity contribution in [3.63, 3.8) is 0 Å². The molecule has 0 aliphatic carbocycles. The highest BCUT2D eigenvalue weighted by atomic mass is 32.2. The second kappa shape index (κ2) is 13.7. The molecule has 9 rings (SSSR count). The standard InChI is InChI=1S/C50H38N2O2S/c1-35-21-27-41(28-22-35)52(42-29-23-36(2)24-30-42)43-31-25-40(26-32-43)50(44-17-9-11-19-47(44)55(53,54)48-20-12-10-18-45(48)50)49-34-39(37-13-5-3-6-14-37)33-46(51-49)38-15-7-4-8-16-38/h3-34H,1-2H3. The van der Waals surface area contributed by atoms with E-state index in [-0.39, 0.29) is 9.79 Å². The van der Waals surface area contributed by atoms with E-state index in [0.717, 1.165) is 50.7 Å². The minimum absolute atomic E-state index is 0.284. The summed E-state index contributed by atoms with van der Waals surface area (Å²) in [6.45, 7) is 4.19. The number of hydrogen-bond donors (Lipinski definition) is 0. The first-order chi connectivity index (χ1) is 26.8. The Morgan fingerprint density at radius 1 is 0.455 bits per heavy atom. The van der Waals surface area contributed by atoms with Crippen molar-refractivity contribution in [1.29, 1.82) is 0 Å². The third-order valence-electron chi connectivity index (χ3n) is 10.7. The van der Waals surface area contributed by atoms with Gasteiger partial charge in [0.2, 0.25) is 9.84 Å². The molecule has 0 saturated heterocycles. The van der Waals surface area contributed by atoms with Crippen LogP contribution in [0.1, 0.15) is 33.5 Å². The Bertz CT molecular complexity index is 2610. The van der Waals surface area contributed by atoms with Crippen molar-refractivity contribution in [1.82, 2.24) is 4.98 Å². The molecule has 4 nitrogen and oxygen atoms in total. The van der Waals surface area contributed by atoms with Gasteiger partial charge >= 0.3 is 0 Å². The van der Waals surface area contributed by atoms with Crippen LogP contribution in [0, 0.1) is 13.8 Å². The summed E-state index contributed by atoms with van der Waals surface area (Å²) in [4.78, 5) is 8.33. The predicted molar refractivity (Wildman–Crippen MR) is 223 cm³/mol. The van der Waals surface area contributed by atoms with Gasteiger partial charge in [-0.2, -0.15) is 0 Å². The van der Waals surface area contributed by atoms with Gasteiger partial charge in [-0.15, -0.1) is 0 Å². The molecule has 0 amide bonds. The maximum atomic E-state index is 14.5. The Balaban J connectivity index is 1.35. The fourth-order valence-corrected chi connectivity index (χ4v) is 9.77. The van der Waals surface area contributed by atoms with Crippen LogP contribution in [-0.2, 0) is 15.3 Å². The molecule has 266 valence electrons. The van der Waals surface area contributed by atoms with Crippen LogP contribution in [0.4, 0.5) is 17.1 Å². The number of nitrogens with zero attached hydrogens (tertiary/aromatic N) is 2. The Labute approximate surface area is 323 Å². The highest BCUT2D eigenvalue weighted by Gasteiger charge is 2.50. The molecule has 0 saturated carbocycles. The number of aromatic nitrogens is 1. The van der Waals surface area contributed by atoms with Crippen molar-refractivity contribution in [3.8, 4) is 22.4 Å². The molecule has 0 fully saturated rings. The van der Waals surface area contributed by atoms with Crippen molar-refractivity contribution in [2.45, 2.75) is 29.1 Å². The van der Waals surface area contributed by atoms with Crippen LogP contribution in [0.25, 0.3) is 22.4 Å². The number of pyridine rings is 1. The second-order valence-corrected chi connectivity index (χ2v) is 16.0. The van der Waals surface area contributed by atoms with Gasteiger partial charge in [0.05, 0.1) is 26.6 Å². The van der Waals surface area contributed by atoms with E-state index >= 15 is 0 Å². The van der Waals surface area contributed by atoms with E-state index in [1.165, 1.54) is 11.1 Å². The van der Waals surface area contributed by atoms with E-state index < -0.39 is 15.3 Å². The molecule has 0 N–H and O–H groups in total. The number of rotatable bonds is 7. The quantitative estimate of drug-likeness (QED) is 0.164. The SMILES string of the molecule is Cc1ccc(N(c2ccc(C)cc2)c2ccc(C3(c4cc(-c5ccccc5)cc(-c5ccccc5)n4)c4ccccc4S(=O)(=O)c4ccccc43)cc2)cc1. The average molecular weight is 731 g/mol. The van der Waals surface area contributed by atoms with Crippen LogP contribution in [0.2, 0.25) is 0 Å². The summed E-state index contributed by atoms with van der Waals surface area (Å²) in [5, 5.41) is 0. The summed E-state index contributed by atoms with van der Waals surface area (Å²) in [6.07, 6.45) is 0. The van der Waals surface area contributed by atoms with Crippen molar-refractivity contribution >= 4 is 26.9 Å². The average Bonchev–Trinajstić information content (AvgIpc) is 3.24. The van der Waals surface area contributed by atoms with Gasteiger partial charge in [-0.1, -0.05) is 145 Å². The monoisotopic (exact) mass is 730 g/mol. The highest BCUT2D eigenvalue weighted by Crippen LogP contribution is 2.54. The van der Waals surface area contributed by atoms with Gasteiger partial charge in [0.25, 0.3) is 0 Å². The van der Waals surface area contributed by atoms with Crippen LogP contribution < -0.4 is 4.90 Å². The van der Waals surface area contributed by atoms with E-state index in [2.05, 4.69) is 128 Å². The Hall–Kier alpha value is -6.56. The fraction of sp³-hybridized carbons (Fsp3) is 0.0600. The number of aryl methyl sites for hydroxylation is 2. The Morgan fingerprint density at radius 3 is 1.40 bits per heavy atom. The molecule has 1 aliphatic heterocycles. The smallest absolute Gasteiger partial charge is 0.207 e. The van der Waals surface area contributed by atoms with E-state index in [9.17, 15) is 8.42 Å². The molecule has 0 atom stereocenters. The normalized spacial score (nSPS) is 13.7. The van der Waals surface area contributed by atoms with E-state index in [1.54, 1.807) is 12.1 Å². The third-order valence-corrected chi connectivity index (χ3v) is 12.6. The highest BCUT2D eigenvalue weighted by molar-refractivity contribution is 7.91. The van der Waals surface area contributed by atoms with Crippen molar-refractivity contribution in [2.75, 3.05) is 4.90 Å². The summed E-state index contributed by atoms with van der Waals surface area (Å²) >= 11 is 0. The molecule has 55 heavy (non-hydrogen) atoms. The van der Waals surface area contributed by atoms with Crippen molar-refractivity contribution in [3.05, 3.63) is 228 Å². The molecule has 1 aromatic heterocycles. The van der Waals surface area contributed by atoms with Crippen LogP contribution in [0.3, 0.4) is 0 Å². The maximum Gasteiger partial charge on any atom is 0.207 e. The van der Waals surface area contributed by atoms with E-state index in [0.29, 0.717) is 11.1 Å². The van der Waals surface area contributed by atoms with Crippen LogP contribution in [0.15, 0.2) is 204 Å². The molecular formula is C50H38N2O2S. The minimum Gasteiger partial charge on any atom is -0.311 e. The molecule has 0 unspecified atom stereocenters. The summed E-state index contributed by atoms with van der Waals surface area (Å²) in [5.74, 6) is 0. The molecule has 0 spiro atoms. The fourth-order valence-electron chi connectivity index (χ4n) is 7.99. The summed E-state index contributed by atoms with van der Waals surface area (Å²) < 4.78 is 29.0. The largest absolute Gasteiger partial charge is 0.311 e. The molecule has 0 bridgehead atoms. The van der Waals surface area contributed by atoms with Gasteiger partial charge < -0.3 is 4.90 Å². The van der Waals surface area contributed by atoms with Gasteiger partial charge in [0, 0.05) is 22.6 Å². The number of anilines is 3. The van der Waals surface area contributed by atoms with Crippen molar-refractivity contribution in [2.24, 2.45) is 0 Å². The van der Waals surface area contributed by atoms with Gasteiger partial charge in [0.1, 0.15) is 0 Å². The van der Waals surface area contributed by atoms with Crippen LogP contribution >= 0.6 is 0 Å². The predicted octanol–water partition coefficient (Wildman–Crippen LogP) is 12.0. The first kappa shape index (κ1) is 34.2. The zero-order chi connectivity index (χ0) is 37.6. The number of sulfone groups is 1. The van der Waals surface area contributed by atoms with E-state index in [4.69, 9.17) is 4.98 Å². The summed E-state index contributed by atoms with van der Waals surface area (Å²) in [6, 6.07) is 65.3. The first-order valence-electron chi connectivity index (χ1n) is 18.5. The molecule has 2 heterocycles. The molecule has 1 aliphatic rings. The Morgan fingerprint density at radius 2 is 0.891 bits per heavy atom. The minimum atomic E-state index is -3.85. The summed E-state index contributed by atoms with van der Waals surface area (Å²) in [5.41, 5.74) is 11.2. The lowest BCUT2D eigenvalue weighted by Crippen LogP contribution is -2.38. The number of benzene rings is 7. The van der Waals surface area contributed by atoms with Gasteiger partial charge in [0.15, 0.2) is 0 Å². The second-order valence-electron chi connectivity index (χ2n) is 14.2. The van der Waals surface area contributed by atoms with Gasteiger partial charge in [-0.05, 0) is 102 Å². The Kier molecular flexibility index (Phi) is 8.52. The topological polar surface area (TPSA) is 50.3 Å². The third kappa shape index (κ3) is 5.85. The van der Waals surface area contributed by atoms with Crippen LogP contribution in [0.5, 0.6) is 0 Å². The van der Waals surface area contributed by atoms with E-state index in [1.807, 2.05) is 72.8 Å². The molecule has 5 heteroatoms. The lowest BCUT2D eigenvalue weighted by Gasteiger charge is -2.41. The summed E-state index contributed by atoms with van der Waals surface area (Å²) in [7, 11) is -3.85. The molecular weight excluding hydrogens is 693 g/mol. The molecule has 7 aromatic carbocycles. The zero-order valence-corrected chi connectivity index (χ0v) is 31.4. The zero-order valence-electron chi connectivity index (χ0n) is 30.6.